The second-order valence-corrected chi connectivity index (χ2v) is 8.30. The van der Waals surface area contributed by atoms with Crippen LogP contribution in [-0.2, 0) is 20.8 Å². The molecule has 2 amide bonds. The van der Waals surface area contributed by atoms with Crippen molar-refractivity contribution in [3.63, 3.8) is 0 Å². The second-order valence-electron chi connectivity index (χ2n) is 7.64. The fourth-order valence-electron chi connectivity index (χ4n) is 4.03. The van der Waals surface area contributed by atoms with E-state index in [4.69, 9.17) is 4.74 Å². The maximum absolute atomic E-state index is 14.8. The first-order valence-corrected chi connectivity index (χ1v) is 10.1. The van der Waals surface area contributed by atoms with Gasteiger partial charge in [-0.25, -0.2) is 13.4 Å². The molecule has 28 heavy (non-hydrogen) atoms. The lowest BCUT2D eigenvalue weighted by Crippen LogP contribution is -2.36. The van der Waals surface area contributed by atoms with Gasteiger partial charge in [0.05, 0.1) is 35.7 Å². The fraction of sp³-hybridized carbons (Fsp3) is 0.526. The van der Waals surface area contributed by atoms with Crippen LogP contribution in [0.5, 0.6) is 0 Å². The molecule has 1 aliphatic carbocycles. The molecule has 3 fully saturated rings. The van der Waals surface area contributed by atoms with Crippen molar-refractivity contribution in [2.45, 2.75) is 32.3 Å². The zero-order chi connectivity index (χ0) is 19.9. The minimum Gasteiger partial charge on any atom is -0.442 e. The van der Waals surface area contributed by atoms with E-state index in [1.54, 1.807) is 12.1 Å². The first kappa shape index (κ1) is 18.9. The zero-order valence-corrected chi connectivity index (χ0v) is 16.4. The molecule has 1 spiro atoms. The van der Waals surface area contributed by atoms with Gasteiger partial charge in [0.15, 0.2) is 0 Å². The lowest BCUT2D eigenvalue weighted by molar-refractivity contribution is -0.119. The van der Waals surface area contributed by atoms with Gasteiger partial charge in [-0.05, 0) is 37.5 Å². The van der Waals surface area contributed by atoms with Crippen LogP contribution in [0.15, 0.2) is 18.2 Å². The number of amides is 2. The highest BCUT2D eigenvalue weighted by molar-refractivity contribution is 7.67. The highest BCUT2D eigenvalue weighted by atomic mass is 32.1. The largest absolute Gasteiger partial charge is 0.442 e. The predicted octanol–water partition coefficient (Wildman–Crippen LogP) is 1.66. The molecule has 4 rings (SSSR count). The highest BCUT2D eigenvalue weighted by Gasteiger charge is 2.51. The summed E-state index contributed by atoms with van der Waals surface area (Å²) >= 11 is 0.619. The van der Waals surface area contributed by atoms with E-state index in [0.717, 1.165) is 24.1 Å². The molecular weight excluding hydrogens is 385 g/mol. The van der Waals surface area contributed by atoms with Crippen molar-refractivity contribution in [2.75, 3.05) is 36.0 Å². The van der Waals surface area contributed by atoms with Crippen molar-refractivity contribution in [2.24, 2.45) is 5.41 Å². The number of nitrogens with one attached hydrogen (secondary N) is 1. The number of carbonyl (C=O) groups excluding carboxylic acids is 2. The molecule has 1 aromatic carbocycles. The SMILES string of the molecule is CC(=O)NC[C@H]1CN(c2ccc(N3CCC4(CC3)CC4=S=O)c(F)c2)C(=O)O1. The Morgan fingerprint density at radius 3 is 2.75 bits per heavy atom. The summed E-state index contributed by atoms with van der Waals surface area (Å²) < 4.78 is 31.0. The van der Waals surface area contributed by atoms with Crippen LogP contribution in [0.2, 0.25) is 0 Å². The highest BCUT2D eigenvalue weighted by Crippen LogP contribution is 2.50. The summed E-state index contributed by atoms with van der Waals surface area (Å²) in [5.74, 6) is -0.581. The Hall–Kier alpha value is -2.42. The summed E-state index contributed by atoms with van der Waals surface area (Å²) in [4.78, 5) is 27.5. The van der Waals surface area contributed by atoms with Gasteiger partial charge < -0.3 is 15.0 Å². The van der Waals surface area contributed by atoms with Crippen LogP contribution in [0.3, 0.4) is 0 Å². The third-order valence-corrected chi connectivity index (χ3v) is 6.60. The van der Waals surface area contributed by atoms with Gasteiger partial charge in [0, 0.05) is 30.3 Å². The molecular formula is C19H22FN3O4S. The number of cyclic esters (lactones) is 1. The van der Waals surface area contributed by atoms with Crippen LogP contribution >= 0.6 is 0 Å². The van der Waals surface area contributed by atoms with E-state index in [1.165, 1.54) is 17.9 Å². The zero-order valence-electron chi connectivity index (χ0n) is 15.6. The van der Waals surface area contributed by atoms with Crippen LogP contribution in [0, 0.1) is 11.2 Å². The molecule has 2 saturated heterocycles. The average molecular weight is 407 g/mol. The third kappa shape index (κ3) is 3.50. The van der Waals surface area contributed by atoms with Crippen molar-refractivity contribution in [3.05, 3.63) is 24.0 Å². The summed E-state index contributed by atoms with van der Waals surface area (Å²) in [5, 5.41) is 2.62. The molecule has 7 nitrogen and oxygen atoms in total. The molecule has 0 aromatic heterocycles. The Morgan fingerprint density at radius 1 is 1.39 bits per heavy atom. The summed E-state index contributed by atoms with van der Waals surface area (Å²) in [6.45, 7) is 3.31. The maximum atomic E-state index is 14.8. The average Bonchev–Trinajstić information content (AvgIpc) is 3.22. The van der Waals surface area contributed by atoms with Gasteiger partial charge in [-0.2, -0.15) is 0 Å². The molecule has 1 atom stereocenters. The lowest BCUT2D eigenvalue weighted by atomic mass is 9.93. The van der Waals surface area contributed by atoms with Crippen LogP contribution < -0.4 is 15.1 Å². The number of ether oxygens (including phenoxy) is 1. The number of piperidine rings is 1. The molecule has 1 aromatic rings. The number of benzene rings is 1. The molecule has 2 heterocycles. The van der Waals surface area contributed by atoms with Crippen LogP contribution in [0.25, 0.3) is 0 Å². The molecule has 0 unspecified atom stereocenters. The van der Waals surface area contributed by atoms with E-state index in [9.17, 15) is 18.2 Å². The lowest BCUT2D eigenvalue weighted by Gasteiger charge is -2.33. The third-order valence-electron chi connectivity index (χ3n) is 5.82. The molecule has 150 valence electrons. The minimum absolute atomic E-state index is 0.0849. The number of hydrogen-bond acceptors (Lipinski definition) is 5. The van der Waals surface area contributed by atoms with Crippen LogP contribution in [-0.4, -0.2) is 53.4 Å². The van der Waals surface area contributed by atoms with Gasteiger partial charge in [-0.1, -0.05) is 0 Å². The van der Waals surface area contributed by atoms with Gasteiger partial charge in [0.2, 0.25) is 5.91 Å². The molecule has 1 N–H and O–H groups in total. The Morgan fingerprint density at radius 2 is 2.14 bits per heavy atom. The van der Waals surface area contributed by atoms with Gasteiger partial charge in [-0.3, -0.25) is 9.69 Å². The first-order valence-electron chi connectivity index (χ1n) is 9.35. The predicted molar refractivity (Wildman–Crippen MR) is 104 cm³/mol. The number of anilines is 2. The summed E-state index contributed by atoms with van der Waals surface area (Å²) in [6, 6.07) is 4.76. The fourth-order valence-corrected chi connectivity index (χ4v) is 4.74. The molecule has 9 heteroatoms. The van der Waals surface area contributed by atoms with Gasteiger partial charge in [0.1, 0.15) is 11.9 Å². The number of nitrogens with zero attached hydrogens (tertiary/aromatic N) is 2. The van der Waals surface area contributed by atoms with Gasteiger partial charge in [0.25, 0.3) is 0 Å². The van der Waals surface area contributed by atoms with Crippen LogP contribution in [0.4, 0.5) is 20.6 Å². The van der Waals surface area contributed by atoms with Crippen molar-refractivity contribution in [1.29, 1.82) is 0 Å². The van der Waals surface area contributed by atoms with Gasteiger partial charge in [-0.15, -0.1) is 0 Å². The first-order chi connectivity index (χ1) is 13.4. The monoisotopic (exact) mass is 407 g/mol. The van der Waals surface area contributed by atoms with E-state index < -0.39 is 12.2 Å². The van der Waals surface area contributed by atoms with E-state index in [2.05, 4.69) is 5.32 Å². The summed E-state index contributed by atoms with van der Waals surface area (Å²) in [5.41, 5.74) is 1.03. The number of rotatable bonds is 4. The van der Waals surface area contributed by atoms with E-state index in [0.29, 0.717) is 35.7 Å². The van der Waals surface area contributed by atoms with Gasteiger partial charge >= 0.3 is 6.09 Å². The molecule has 2 aliphatic heterocycles. The smallest absolute Gasteiger partial charge is 0.414 e. The van der Waals surface area contributed by atoms with Crippen molar-refractivity contribution >= 4 is 39.5 Å². The van der Waals surface area contributed by atoms with Crippen LogP contribution in [0.1, 0.15) is 26.2 Å². The maximum Gasteiger partial charge on any atom is 0.414 e. The quantitative estimate of drug-likeness (QED) is 0.768. The Labute approximate surface area is 165 Å². The van der Waals surface area contributed by atoms with E-state index >= 15 is 0 Å². The second kappa shape index (κ2) is 7.20. The molecule has 0 radical (unpaired) electrons. The molecule has 3 aliphatic rings. The van der Waals surface area contributed by atoms with Crippen molar-refractivity contribution in [1.82, 2.24) is 5.32 Å². The Balaban J connectivity index is 1.42. The molecule has 0 bridgehead atoms. The van der Waals surface area contributed by atoms with Crippen molar-refractivity contribution in [3.8, 4) is 0 Å². The summed E-state index contributed by atoms with van der Waals surface area (Å²) in [6.07, 6.45) is 1.65. The van der Waals surface area contributed by atoms with Crippen molar-refractivity contribution < 1.29 is 22.9 Å². The molecule has 1 saturated carbocycles. The standard InChI is InChI=1S/C19H22FN3O4S/c1-12(24)21-10-14-11-23(18(25)27-14)13-2-3-16(15(20)8-13)22-6-4-19(5-7-22)9-17(19)28-26/h2-3,8,14H,4-7,9-11H2,1H3,(H,21,24)/t14-/m0/s1. The topological polar surface area (TPSA) is 79.0 Å². The summed E-state index contributed by atoms with van der Waals surface area (Å²) in [7, 11) is 0. The van der Waals surface area contributed by atoms with E-state index in [1.807, 2.05) is 4.90 Å². The Bertz CT molecular complexity index is 878. The number of halogens is 1. The Kier molecular flexibility index (Phi) is 4.86. The number of carbonyl (C=O) groups is 2. The van der Waals surface area contributed by atoms with E-state index in [-0.39, 0.29) is 30.2 Å². The minimum atomic E-state index is -0.547. The number of hydrogen-bond donors (Lipinski definition) is 1. The normalized spacial score (nSPS) is 23.0.